The molecular formula is C33H28ClN5O. The highest BCUT2D eigenvalue weighted by molar-refractivity contribution is 6.30. The number of nitrogens with zero attached hydrogens (tertiary/aromatic N) is 4. The maximum atomic E-state index is 6.57. The van der Waals surface area contributed by atoms with Crippen LogP contribution in [0.3, 0.4) is 0 Å². The number of methoxy groups -OCH3 is 1. The van der Waals surface area contributed by atoms with E-state index in [0.29, 0.717) is 17.3 Å². The zero-order chi connectivity index (χ0) is 27.6. The molecule has 4 aromatic carbocycles. The summed E-state index contributed by atoms with van der Waals surface area (Å²) in [5.74, 6) is 0.471. The number of aromatic nitrogens is 4. The minimum absolute atomic E-state index is 0.364. The molecular weight excluding hydrogens is 518 g/mol. The lowest BCUT2D eigenvalue weighted by Gasteiger charge is -2.34. The van der Waals surface area contributed by atoms with Crippen LogP contribution < -0.4 is 5.73 Å². The number of tetrazole rings is 1. The Kier molecular flexibility index (Phi) is 6.90. The molecule has 0 bridgehead atoms. The molecule has 0 fully saturated rings. The normalized spacial score (nSPS) is 17.3. The molecule has 0 aliphatic heterocycles. The minimum atomic E-state index is -1.00. The molecule has 0 saturated heterocycles. The molecule has 0 spiro atoms. The van der Waals surface area contributed by atoms with Gasteiger partial charge >= 0.3 is 0 Å². The van der Waals surface area contributed by atoms with Gasteiger partial charge in [0.15, 0.2) is 5.54 Å². The monoisotopic (exact) mass is 545 g/mol. The van der Waals surface area contributed by atoms with E-state index in [1.165, 1.54) is 0 Å². The van der Waals surface area contributed by atoms with Crippen molar-refractivity contribution in [3.63, 3.8) is 0 Å². The number of benzene rings is 4. The number of ether oxygens (including phenoxy) is 1. The van der Waals surface area contributed by atoms with E-state index in [-0.39, 0.29) is 0 Å². The van der Waals surface area contributed by atoms with E-state index < -0.39 is 11.3 Å². The maximum Gasteiger partial charge on any atom is 0.201 e. The van der Waals surface area contributed by atoms with E-state index in [0.717, 1.165) is 33.4 Å². The highest BCUT2D eigenvalue weighted by Crippen LogP contribution is 2.41. The molecule has 1 aliphatic carbocycles. The third kappa shape index (κ3) is 4.56. The van der Waals surface area contributed by atoms with Crippen LogP contribution in [0, 0.1) is 0 Å². The summed E-state index contributed by atoms with van der Waals surface area (Å²) in [6, 6.07) is 38.5. The van der Waals surface area contributed by atoms with Gasteiger partial charge in [0, 0.05) is 24.1 Å². The molecule has 5 aromatic rings. The molecule has 0 saturated carbocycles. The van der Waals surface area contributed by atoms with Gasteiger partial charge in [-0.1, -0.05) is 121 Å². The molecule has 0 amide bonds. The SMILES string of the molecule is COC1(N)C=CC(c2cccc(Cl)c2)=C(c2nnn(C(c3ccccc3)(c3ccccc3)c3ccccc3)n2)C1. The van der Waals surface area contributed by atoms with Crippen molar-refractivity contribution < 1.29 is 4.74 Å². The summed E-state index contributed by atoms with van der Waals surface area (Å²) < 4.78 is 5.67. The molecule has 0 radical (unpaired) electrons. The summed E-state index contributed by atoms with van der Waals surface area (Å²) in [5, 5.41) is 15.1. The summed E-state index contributed by atoms with van der Waals surface area (Å²) in [4.78, 5) is 1.72. The van der Waals surface area contributed by atoms with Crippen molar-refractivity contribution in [3.8, 4) is 0 Å². The van der Waals surface area contributed by atoms with Gasteiger partial charge in [0.25, 0.3) is 0 Å². The first-order valence-corrected chi connectivity index (χ1v) is 13.4. The molecule has 198 valence electrons. The van der Waals surface area contributed by atoms with Crippen molar-refractivity contribution in [2.24, 2.45) is 5.73 Å². The molecule has 1 unspecified atom stereocenters. The van der Waals surface area contributed by atoms with Gasteiger partial charge in [-0.2, -0.15) is 0 Å². The van der Waals surface area contributed by atoms with Crippen LogP contribution in [0.1, 0.15) is 34.5 Å². The number of rotatable bonds is 7. The van der Waals surface area contributed by atoms with Crippen LogP contribution in [0.5, 0.6) is 0 Å². The van der Waals surface area contributed by atoms with Gasteiger partial charge < -0.3 is 4.74 Å². The van der Waals surface area contributed by atoms with Crippen molar-refractivity contribution in [2.75, 3.05) is 7.11 Å². The zero-order valence-corrected chi connectivity index (χ0v) is 22.7. The molecule has 1 aromatic heterocycles. The fourth-order valence-corrected chi connectivity index (χ4v) is 5.57. The smallest absolute Gasteiger partial charge is 0.201 e. The molecule has 1 aliphatic rings. The summed E-state index contributed by atoms with van der Waals surface area (Å²) in [6.45, 7) is 0. The van der Waals surface area contributed by atoms with Gasteiger partial charge in [-0.05, 0) is 51.2 Å². The number of nitrogens with two attached hydrogens (primary N) is 1. The number of hydrogen-bond donors (Lipinski definition) is 1. The van der Waals surface area contributed by atoms with Crippen LogP contribution in [0.15, 0.2) is 127 Å². The Morgan fingerprint density at radius 1 is 0.825 bits per heavy atom. The predicted molar refractivity (Wildman–Crippen MR) is 158 cm³/mol. The summed E-state index contributed by atoms with van der Waals surface area (Å²) in [5.41, 5.74) is 10.4. The first-order chi connectivity index (χ1) is 19.5. The van der Waals surface area contributed by atoms with E-state index >= 15 is 0 Å². The van der Waals surface area contributed by atoms with Gasteiger partial charge in [0.1, 0.15) is 5.72 Å². The Hall–Kier alpha value is -4.36. The van der Waals surface area contributed by atoms with E-state index in [1.807, 2.05) is 91.0 Å². The van der Waals surface area contributed by atoms with Crippen LogP contribution in [0.25, 0.3) is 11.1 Å². The minimum Gasteiger partial charge on any atom is -0.360 e. The highest BCUT2D eigenvalue weighted by Gasteiger charge is 2.42. The van der Waals surface area contributed by atoms with Crippen molar-refractivity contribution in [2.45, 2.75) is 17.7 Å². The summed E-state index contributed by atoms with van der Waals surface area (Å²) >= 11 is 6.36. The van der Waals surface area contributed by atoms with Gasteiger partial charge in [0.2, 0.25) is 5.82 Å². The van der Waals surface area contributed by atoms with E-state index in [2.05, 4.69) is 41.5 Å². The third-order valence-electron chi connectivity index (χ3n) is 7.38. The Morgan fingerprint density at radius 3 is 1.93 bits per heavy atom. The largest absolute Gasteiger partial charge is 0.360 e. The fraction of sp³-hybridized carbons (Fsp3) is 0.121. The maximum absolute atomic E-state index is 6.57. The standard InChI is InChI=1S/C33H28ClN5O/c1-40-32(35)21-20-29(24-12-11-19-28(34)22-24)30(23-32)31-36-38-39(37-31)33(25-13-5-2-6-14-25,26-15-7-3-8-16-26)27-17-9-4-10-18-27/h2-22H,23,35H2,1H3. The number of hydrogen-bond acceptors (Lipinski definition) is 5. The van der Waals surface area contributed by atoms with Crippen LogP contribution in [0.4, 0.5) is 0 Å². The lowest BCUT2D eigenvalue weighted by atomic mass is 9.77. The Morgan fingerprint density at radius 2 is 1.40 bits per heavy atom. The van der Waals surface area contributed by atoms with Crippen LogP contribution in [-0.2, 0) is 10.3 Å². The van der Waals surface area contributed by atoms with Gasteiger partial charge in [0.05, 0.1) is 0 Å². The second-order valence-corrected chi connectivity index (χ2v) is 10.2. The lowest BCUT2D eigenvalue weighted by Crippen LogP contribution is -2.41. The van der Waals surface area contributed by atoms with Crippen molar-refractivity contribution in [3.05, 3.63) is 161 Å². The van der Waals surface area contributed by atoms with Crippen molar-refractivity contribution in [1.29, 1.82) is 0 Å². The first kappa shape index (κ1) is 25.9. The second kappa shape index (κ2) is 10.7. The molecule has 40 heavy (non-hydrogen) atoms. The van der Waals surface area contributed by atoms with E-state index in [9.17, 15) is 0 Å². The van der Waals surface area contributed by atoms with Gasteiger partial charge in [-0.15, -0.1) is 15.0 Å². The van der Waals surface area contributed by atoms with Gasteiger partial charge in [-0.25, -0.2) is 0 Å². The van der Waals surface area contributed by atoms with Crippen LogP contribution in [-0.4, -0.2) is 33.0 Å². The molecule has 1 atom stereocenters. The average Bonchev–Trinajstić information content (AvgIpc) is 3.50. The lowest BCUT2D eigenvalue weighted by molar-refractivity contribution is 0.0418. The third-order valence-corrected chi connectivity index (χ3v) is 7.62. The van der Waals surface area contributed by atoms with Crippen molar-refractivity contribution >= 4 is 22.7 Å². The quantitative estimate of drug-likeness (QED) is 0.191. The van der Waals surface area contributed by atoms with Crippen LogP contribution >= 0.6 is 11.6 Å². The topological polar surface area (TPSA) is 78.9 Å². The molecule has 6 nitrogen and oxygen atoms in total. The Bertz CT molecular complexity index is 1590. The molecule has 2 N–H and O–H groups in total. The highest BCUT2D eigenvalue weighted by atomic mass is 35.5. The fourth-order valence-electron chi connectivity index (χ4n) is 5.38. The second-order valence-electron chi connectivity index (χ2n) is 9.78. The zero-order valence-electron chi connectivity index (χ0n) is 22.0. The number of halogens is 1. The predicted octanol–water partition coefficient (Wildman–Crippen LogP) is 6.34. The molecule has 1 heterocycles. The first-order valence-electron chi connectivity index (χ1n) is 13.0. The van der Waals surface area contributed by atoms with Crippen molar-refractivity contribution in [1.82, 2.24) is 20.2 Å². The summed E-state index contributed by atoms with van der Waals surface area (Å²) in [7, 11) is 1.60. The van der Waals surface area contributed by atoms with E-state index in [1.54, 1.807) is 11.9 Å². The number of allylic oxidation sites excluding steroid dienone is 2. The van der Waals surface area contributed by atoms with Gasteiger partial charge in [-0.3, -0.25) is 5.73 Å². The molecule has 6 rings (SSSR count). The van der Waals surface area contributed by atoms with Crippen LogP contribution in [0.2, 0.25) is 5.02 Å². The Balaban J connectivity index is 1.61. The average molecular weight is 546 g/mol. The Labute approximate surface area is 238 Å². The summed E-state index contributed by atoms with van der Waals surface area (Å²) in [6.07, 6.45) is 4.18. The molecule has 7 heteroatoms. The van der Waals surface area contributed by atoms with E-state index in [4.69, 9.17) is 32.4 Å².